The van der Waals surface area contributed by atoms with E-state index in [0.717, 1.165) is 31.6 Å². The van der Waals surface area contributed by atoms with Crippen LogP contribution in [0.2, 0.25) is 0 Å². The van der Waals surface area contributed by atoms with E-state index >= 15 is 0 Å². The van der Waals surface area contributed by atoms with E-state index in [1.165, 1.54) is 44.5 Å². The van der Waals surface area contributed by atoms with Gasteiger partial charge in [-0.05, 0) is 50.3 Å². The molecule has 3 aliphatic rings. The van der Waals surface area contributed by atoms with Crippen molar-refractivity contribution in [3.05, 3.63) is 30.1 Å². The average Bonchev–Trinajstić information content (AvgIpc) is 3.24. The number of hydrogen-bond acceptors (Lipinski definition) is 4. The van der Waals surface area contributed by atoms with E-state index in [0.29, 0.717) is 12.1 Å². The highest BCUT2D eigenvalue weighted by atomic mass is 16.5. The summed E-state index contributed by atoms with van der Waals surface area (Å²) in [6.45, 7) is 5.46. The summed E-state index contributed by atoms with van der Waals surface area (Å²) >= 11 is 0. The number of nitrogens with zero attached hydrogens (tertiary/aromatic N) is 3. The molecule has 3 fully saturated rings. The maximum Gasteiger partial charge on any atom is 0.0622 e. The van der Waals surface area contributed by atoms with Gasteiger partial charge < -0.3 is 4.74 Å². The Morgan fingerprint density at radius 2 is 2.22 bits per heavy atom. The van der Waals surface area contributed by atoms with Crippen molar-refractivity contribution in [2.24, 2.45) is 11.8 Å². The molecule has 0 amide bonds. The SMILES string of the molecule is CN(Cc1ccccn1)C1CCC[C@@H]2CN(C3CCOC3)C[C@H]12. The van der Waals surface area contributed by atoms with Gasteiger partial charge in [0.15, 0.2) is 0 Å². The smallest absolute Gasteiger partial charge is 0.0622 e. The zero-order chi connectivity index (χ0) is 15.6. The molecule has 0 bridgehead atoms. The Morgan fingerprint density at radius 1 is 1.26 bits per heavy atom. The molecule has 1 aromatic rings. The Kier molecular flexibility index (Phi) is 4.65. The molecule has 23 heavy (non-hydrogen) atoms. The molecule has 0 spiro atoms. The monoisotopic (exact) mass is 315 g/mol. The normalized spacial score (nSPS) is 34.9. The van der Waals surface area contributed by atoms with Crippen LogP contribution in [0, 0.1) is 11.8 Å². The quantitative estimate of drug-likeness (QED) is 0.853. The van der Waals surface area contributed by atoms with E-state index < -0.39 is 0 Å². The van der Waals surface area contributed by atoms with Gasteiger partial charge in [-0.3, -0.25) is 14.8 Å². The highest BCUT2D eigenvalue weighted by Gasteiger charge is 2.43. The summed E-state index contributed by atoms with van der Waals surface area (Å²) in [5, 5.41) is 0. The minimum Gasteiger partial charge on any atom is -0.380 e. The summed E-state index contributed by atoms with van der Waals surface area (Å²) < 4.78 is 5.62. The molecule has 1 aliphatic carbocycles. The third-order valence-electron chi connectivity index (χ3n) is 6.21. The maximum atomic E-state index is 5.62. The van der Waals surface area contributed by atoms with Crippen LogP contribution in [-0.2, 0) is 11.3 Å². The molecule has 4 rings (SSSR count). The van der Waals surface area contributed by atoms with E-state index in [1.54, 1.807) is 0 Å². The van der Waals surface area contributed by atoms with Crippen LogP contribution < -0.4 is 0 Å². The second kappa shape index (κ2) is 6.88. The summed E-state index contributed by atoms with van der Waals surface area (Å²) in [6, 6.07) is 7.63. The second-order valence-corrected chi connectivity index (χ2v) is 7.63. The molecule has 0 N–H and O–H groups in total. The van der Waals surface area contributed by atoms with Gasteiger partial charge in [-0.25, -0.2) is 0 Å². The lowest BCUT2D eigenvalue weighted by atomic mass is 9.77. The maximum absolute atomic E-state index is 5.62. The Bertz CT molecular complexity index is 503. The number of likely N-dealkylation sites (tertiary alicyclic amines) is 1. The lowest BCUT2D eigenvalue weighted by Gasteiger charge is -2.39. The van der Waals surface area contributed by atoms with E-state index in [9.17, 15) is 0 Å². The Balaban J connectivity index is 1.42. The van der Waals surface area contributed by atoms with Crippen molar-refractivity contribution in [1.82, 2.24) is 14.8 Å². The first kappa shape index (κ1) is 15.6. The van der Waals surface area contributed by atoms with Crippen LogP contribution in [-0.4, -0.2) is 60.2 Å². The lowest BCUT2D eigenvalue weighted by Crippen LogP contribution is -2.43. The molecule has 4 heteroatoms. The first-order valence-corrected chi connectivity index (χ1v) is 9.23. The number of aromatic nitrogens is 1. The highest BCUT2D eigenvalue weighted by molar-refractivity contribution is 5.04. The van der Waals surface area contributed by atoms with Crippen molar-refractivity contribution >= 4 is 0 Å². The van der Waals surface area contributed by atoms with Crippen LogP contribution in [0.4, 0.5) is 0 Å². The van der Waals surface area contributed by atoms with Crippen molar-refractivity contribution in [3.63, 3.8) is 0 Å². The summed E-state index contributed by atoms with van der Waals surface area (Å²) in [4.78, 5) is 9.80. The fourth-order valence-corrected chi connectivity index (χ4v) is 5.00. The van der Waals surface area contributed by atoms with E-state index in [4.69, 9.17) is 4.74 Å². The van der Waals surface area contributed by atoms with Gasteiger partial charge in [0.25, 0.3) is 0 Å². The first-order valence-electron chi connectivity index (χ1n) is 9.23. The minimum atomic E-state index is 0.683. The van der Waals surface area contributed by atoms with Crippen LogP contribution in [0.15, 0.2) is 24.4 Å². The predicted octanol–water partition coefficient (Wildman–Crippen LogP) is 2.40. The van der Waals surface area contributed by atoms with E-state index in [2.05, 4.69) is 34.0 Å². The average molecular weight is 315 g/mol. The van der Waals surface area contributed by atoms with Gasteiger partial charge in [0, 0.05) is 44.5 Å². The molecule has 2 saturated heterocycles. The Labute approximate surface area is 139 Å². The van der Waals surface area contributed by atoms with Crippen LogP contribution in [0.3, 0.4) is 0 Å². The Morgan fingerprint density at radius 3 is 3.00 bits per heavy atom. The summed E-state index contributed by atoms with van der Waals surface area (Å²) in [7, 11) is 2.29. The van der Waals surface area contributed by atoms with Crippen LogP contribution in [0.1, 0.15) is 31.4 Å². The molecule has 4 atom stereocenters. The molecule has 3 heterocycles. The third kappa shape index (κ3) is 3.30. The van der Waals surface area contributed by atoms with E-state index in [-0.39, 0.29) is 0 Å². The fourth-order valence-electron chi connectivity index (χ4n) is 5.00. The highest BCUT2D eigenvalue weighted by Crippen LogP contribution is 2.40. The fraction of sp³-hybridized carbons (Fsp3) is 0.737. The number of ether oxygens (including phenoxy) is 1. The second-order valence-electron chi connectivity index (χ2n) is 7.63. The number of hydrogen-bond donors (Lipinski definition) is 0. The van der Waals surface area contributed by atoms with Crippen molar-refractivity contribution in [1.29, 1.82) is 0 Å². The number of fused-ring (bicyclic) bond motifs is 1. The molecule has 2 unspecified atom stereocenters. The zero-order valence-corrected chi connectivity index (χ0v) is 14.2. The van der Waals surface area contributed by atoms with Gasteiger partial charge in [-0.15, -0.1) is 0 Å². The molecule has 126 valence electrons. The molecular formula is C19H29N3O. The summed E-state index contributed by atoms with van der Waals surface area (Å²) in [6.07, 6.45) is 7.29. The van der Waals surface area contributed by atoms with Crippen molar-refractivity contribution in [2.45, 2.75) is 44.3 Å². The van der Waals surface area contributed by atoms with Gasteiger partial charge in [0.05, 0.1) is 12.3 Å². The standard InChI is InChI=1S/C19H29N3O/c1-21(12-16-6-2-3-9-20-16)19-7-4-5-15-11-22(13-18(15)19)17-8-10-23-14-17/h2-3,6,9,15,17-19H,4-5,7-8,10-14H2,1H3/t15-,17?,18+,19?/m1/s1. The lowest BCUT2D eigenvalue weighted by molar-refractivity contribution is 0.102. The minimum absolute atomic E-state index is 0.683. The van der Waals surface area contributed by atoms with Gasteiger partial charge in [-0.1, -0.05) is 12.5 Å². The molecule has 1 aromatic heterocycles. The van der Waals surface area contributed by atoms with Gasteiger partial charge in [0.1, 0.15) is 0 Å². The molecule has 0 radical (unpaired) electrons. The molecular weight excluding hydrogens is 286 g/mol. The number of pyridine rings is 1. The largest absolute Gasteiger partial charge is 0.380 e. The van der Waals surface area contributed by atoms with Gasteiger partial charge in [0.2, 0.25) is 0 Å². The summed E-state index contributed by atoms with van der Waals surface area (Å²) in [5.41, 5.74) is 1.19. The zero-order valence-electron chi connectivity index (χ0n) is 14.2. The predicted molar refractivity (Wildman–Crippen MR) is 91.1 cm³/mol. The molecule has 4 nitrogen and oxygen atoms in total. The van der Waals surface area contributed by atoms with Crippen LogP contribution in [0.25, 0.3) is 0 Å². The summed E-state index contributed by atoms with van der Waals surface area (Å²) in [5.74, 6) is 1.72. The molecule has 2 aliphatic heterocycles. The number of rotatable bonds is 4. The van der Waals surface area contributed by atoms with E-state index in [1.807, 2.05) is 12.3 Å². The van der Waals surface area contributed by atoms with Crippen LogP contribution >= 0.6 is 0 Å². The third-order valence-corrected chi connectivity index (χ3v) is 6.21. The van der Waals surface area contributed by atoms with Crippen molar-refractivity contribution < 1.29 is 4.74 Å². The molecule has 1 saturated carbocycles. The van der Waals surface area contributed by atoms with Crippen LogP contribution in [0.5, 0.6) is 0 Å². The first-order chi connectivity index (χ1) is 11.3. The van der Waals surface area contributed by atoms with Crippen molar-refractivity contribution in [3.8, 4) is 0 Å². The van der Waals surface area contributed by atoms with Gasteiger partial charge >= 0.3 is 0 Å². The topological polar surface area (TPSA) is 28.6 Å². The van der Waals surface area contributed by atoms with Crippen molar-refractivity contribution in [2.75, 3.05) is 33.4 Å². The molecule has 0 aromatic carbocycles. The Hall–Kier alpha value is -0.970. The van der Waals surface area contributed by atoms with Gasteiger partial charge in [-0.2, -0.15) is 0 Å².